The molecule has 0 bridgehead atoms. The molecule has 0 saturated carbocycles. The predicted octanol–water partition coefficient (Wildman–Crippen LogP) is 5.51. The predicted molar refractivity (Wildman–Crippen MR) is 139 cm³/mol. The van der Waals surface area contributed by atoms with Crippen LogP contribution in [0.4, 0.5) is 10.1 Å². The number of hydrogen-bond donors (Lipinski definition) is 1. The van der Waals surface area contributed by atoms with Gasteiger partial charge in [0.2, 0.25) is 5.91 Å². The van der Waals surface area contributed by atoms with Crippen LogP contribution < -0.4 is 15.6 Å². The third kappa shape index (κ3) is 4.70. The first kappa shape index (κ1) is 23.6. The quantitative estimate of drug-likeness (QED) is 0.274. The van der Waals surface area contributed by atoms with E-state index in [0.717, 1.165) is 31.2 Å². The van der Waals surface area contributed by atoms with Crippen LogP contribution in [0.15, 0.2) is 52.4 Å². The van der Waals surface area contributed by atoms with Gasteiger partial charge in [0, 0.05) is 16.6 Å². The zero-order valence-corrected chi connectivity index (χ0v) is 21.0. The maximum atomic E-state index is 13.9. The van der Waals surface area contributed by atoms with E-state index in [9.17, 15) is 14.0 Å². The Kier molecular flexibility index (Phi) is 6.62. The van der Waals surface area contributed by atoms with Crippen LogP contribution >= 0.6 is 23.1 Å². The summed E-state index contributed by atoms with van der Waals surface area (Å²) in [4.78, 5) is 33.3. The van der Waals surface area contributed by atoms with Crippen LogP contribution in [0.3, 0.4) is 0 Å². The molecule has 2 aromatic heterocycles. The number of hydrogen-bond acceptors (Lipinski definition) is 6. The number of carbonyl (C=O) groups excluding carboxylic acids is 1. The number of aryl methyl sites for hydroxylation is 3. The van der Waals surface area contributed by atoms with Crippen LogP contribution in [0.5, 0.6) is 5.75 Å². The molecule has 0 spiro atoms. The molecule has 0 aliphatic heterocycles. The number of fused-ring (bicyclic) bond motifs is 3. The molecule has 0 fully saturated rings. The van der Waals surface area contributed by atoms with E-state index in [2.05, 4.69) is 5.32 Å². The zero-order valence-electron chi connectivity index (χ0n) is 19.4. The number of thiophene rings is 1. The summed E-state index contributed by atoms with van der Waals surface area (Å²) < 4.78 is 20.8. The van der Waals surface area contributed by atoms with Gasteiger partial charge in [-0.05, 0) is 68.0 Å². The highest BCUT2D eigenvalue weighted by Gasteiger charge is 2.23. The van der Waals surface area contributed by atoms with Crippen molar-refractivity contribution in [1.82, 2.24) is 9.55 Å². The molecule has 0 unspecified atom stereocenters. The van der Waals surface area contributed by atoms with E-state index in [1.54, 1.807) is 48.1 Å². The van der Waals surface area contributed by atoms with Crippen molar-refractivity contribution in [3.63, 3.8) is 0 Å². The summed E-state index contributed by atoms with van der Waals surface area (Å²) in [5.74, 6) is -0.0500. The molecule has 4 aromatic rings. The number of halogens is 1. The minimum Gasteiger partial charge on any atom is -0.497 e. The monoisotopic (exact) mass is 509 g/mol. The molecule has 35 heavy (non-hydrogen) atoms. The lowest BCUT2D eigenvalue weighted by Crippen LogP contribution is -2.23. The number of nitrogens with zero attached hydrogens (tertiary/aromatic N) is 2. The first-order valence-electron chi connectivity index (χ1n) is 11.3. The number of carbonyl (C=O) groups is 1. The number of nitrogens with one attached hydrogen (secondary N) is 1. The standard InChI is InChI=1S/C26H24FN3O3S2/c1-15-10-11-16(12-20(15)27)28-22(31)14-34-26-29-24-23(19-8-3-4-9-21(19)35-24)25(32)30(26)17-6-5-7-18(13-17)33-2/h5-7,10-13H,3-4,8-9,14H2,1-2H3,(H,28,31). The first-order chi connectivity index (χ1) is 16.9. The number of ether oxygens (including phenoxy) is 1. The third-order valence-electron chi connectivity index (χ3n) is 6.06. The molecule has 9 heteroatoms. The van der Waals surface area contributed by atoms with Crippen LogP contribution in [0.2, 0.25) is 0 Å². The van der Waals surface area contributed by atoms with Crippen LogP contribution in [0.25, 0.3) is 15.9 Å². The summed E-state index contributed by atoms with van der Waals surface area (Å²) in [5, 5.41) is 3.82. The molecule has 0 saturated heterocycles. The number of anilines is 1. The molecule has 1 aliphatic rings. The second-order valence-electron chi connectivity index (χ2n) is 8.43. The van der Waals surface area contributed by atoms with Gasteiger partial charge in [0.1, 0.15) is 16.4 Å². The van der Waals surface area contributed by atoms with E-state index in [-0.39, 0.29) is 23.0 Å². The van der Waals surface area contributed by atoms with Crippen molar-refractivity contribution < 1.29 is 13.9 Å². The summed E-state index contributed by atoms with van der Waals surface area (Å²) in [6.45, 7) is 1.67. The Balaban J connectivity index is 1.52. The van der Waals surface area contributed by atoms with Crippen LogP contribution in [0.1, 0.15) is 28.8 Å². The molecule has 5 rings (SSSR count). The molecule has 0 radical (unpaired) electrons. The number of amides is 1. The highest BCUT2D eigenvalue weighted by molar-refractivity contribution is 7.99. The number of aromatic nitrogens is 2. The molecule has 1 amide bonds. The summed E-state index contributed by atoms with van der Waals surface area (Å²) >= 11 is 2.75. The lowest BCUT2D eigenvalue weighted by atomic mass is 9.97. The second-order valence-corrected chi connectivity index (χ2v) is 10.5. The minimum absolute atomic E-state index is 0.0164. The molecule has 2 aromatic carbocycles. The van der Waals surface area contributed by atoms with Crippen molar-refractivity contribution in [1.29, 1.82) is 0 Å². The van der Waals surface area contributed by atoms with E-state index in [0.29, 0.717) is 38.1 Å². The maximum absolute atomic E-state index is 13.9. The van der Waals surface area contributed by atoms with Crippen LogP contribution in [-0.2, 0) is 17.6 Å². The van der Waals surface area contributed by atoms with Crippen LogP contribution in [-0.4, -0.2) is 28.3 Å². The molecular weight excluding hydrogens is 485 g/mol. The summed E-state index contributed by atoms with van der Waals surface area (Å²) in [7, 11) is 1.58. The van der Waals surface area contributed by atoms with Crippen molar-refractivity contribution in [2.75, 3.05) is 18.2 Å². The molecule has 180 valence electrons. The Bertz CT molecular complexity index is 1500. The molecule has 1 N–H and O–H groups in total. The van der Waals surface area contributed by atoms with Gasteiger partial charge in [-0.2, -0.15) is 0 Å². The van der Waals surface area contributed by atoms with Crippen molar-refractivity contribution in [3.8, 4) is 11.4 Å². The Labute approximate surface area is 210 Å². The number of benzene rings is 2. The fourth-order valence-corrected chi connectivity index (χ4v) is 6.37. The lowest BCUT2D eigenvalue weighted by molar-refractivity contribution is -0.113. The molecule has 6 nitrogen and oxygen atoms in total. The topological polar surface area (TPSA) is 73.2 Å². The van der Waals surface area contributed by atoms with E-state index in [1.165, 1.54) is 22.7 Å². The van der Waals surface area contributed by atoms with Crippen LogP contribution in [0, 0.1) is 12.7 Å². The minimum atomic E-state index is -0.379. The van der Waals surface area contributed by atoms with Gasteiger partial charge >= 0.3 is 0 Å². The lowest BCUT2D eigenvalue weighted by Gasteiger charge is -2.14. The summed E-state index contributed by atoms with van der Waals surface area (Å²) in [6.07, 6.45) is 4.03. The van der Waals surface area contributed by atoms with E-state index >= 15 is 0 Å². The first-order valence-corrected chi connectivity index (χ1v) is 13.2. The number of rotatable bonds is 6. The van der Waals surface area contributed by atoms with E-state index < -0.39 is 0 Å². The average Bonchev–Trinajstić information content (AvgIpc) is 3.24. The normalized spacial score (nSPS) is 13.0. The summed E-state index contributed by atoms with van der Waals surface area (Å²) in [5.41, 5.74) is 2.50. The van der Waals surface area contributed by atoms with Crippen molar-refractivity contribution in [2.24, 2.45) is 0 Å². The van der Waals surface area contributed by atoms with Crippen molar-refractivity contribution >= 4 is 44.9 Å². The Hall–Kier alpha value is -3.17. The van der Waals surface area contributed by atoms with E-state index in [4.69, 9.17) is 9.72 Å². The Morgan fingerprint density at radius 3 is 2.86 bits per heavy atom. The highest BCUT2D eigenvalue weighted by Crippen LogP contribution is 2.35. The Morgan fingerprint density at radius 2 is 2.06 bits per heavy atom. The average molecular weight is 510 g/mol. The molecule has 0 atom stereocenters. The van der Waals surface area contributed by atoms with Crippen molar-refractivity contribution in [2.45, 2.75) is 37.8 Å². The molecule has 2 heterocycles. The fraction of sp³-hybridized carbons (Fsp3) is 0.269. The van der Waals surface area contributed by atoms with Gasteiger partial charge in [-0.25, -0.2) is 9.37 Å². The third-order valence-corrected chi connectivity index (χ3v) is 8.18. The number of methoxy groups -OCH3 is 1. The highest BCUT2D eigenvalue weighted by atomic mass is 32.2. The van der Waals surface area contributed by atoms with Gasteiger partial charge in [0.25, 0.3) is 5.56 Å². The number of thioether (sulfide) groups is 1. The Morgan fingerprint density at radius 1 is 1.23 bits per heavy atom. The largest absolute Gasteiger partial charge is 0.497 e. The van der Waals surface area contributed by atoms with E-state index in [1.807, 2.05) is 18.2 Å². The van der Waals surface area contributed by atoms with Gasteiger partial charge in [0.05, 0.1) is 23.9 Å². The smallest absolute Gasteiger partial charge is 0.267 e. The van der Waals surface area contributed by atoms with Gasteiger partial charge in [-0.15, -0.1) is 11.3 Å². The maximum Gasteiger partial charge on any atom is 0.267 e. The zero-order chi connectivity index (χ0) is 24.5. The molecular formula is C26H24FN3O3S2. The van der Waals surface area contributed by atoms with Gasteiger partial charge in [0.15, 0.2) is 5.16 Å². The fourth-order valence-electron chi connectivity index (χ4n) is 4.26. The van der Waals surface area contributed by atoms with Gasteiger partial charge < -0.3 is 10.1 Å². The SMILES string of the molecule is COc1cccc(-n2c(SCC(=O)Nc3ccc(C)c(F)c3)nc3sc4c(c3c2=O)CCCC4)c1. The van der Waals surface area contributed by atoms with Gasteiger partial charge in [-0.3, -0.25) is 14.2 Å². The molecule has 1 aliphatic carbocycles. The second kappa shape index (κ2) is 9.83. The summed E-state index contributed by atoms with van der Waals surface area (Å²) in [6, 6.07) is 11.8. The van der Waals surface area contributed by atoms with Gasteiger partial charge in [-0.1, -0.05) is 23.9 Å². The van der Waals surface area contributed by atoms with Crippen molar-refractivity contribution in [3.05, 3.63) is 74.6 Å².